The van der Waals surface area contributed by atoms with Gasteiger partial charge in [0.1, 0.15) is 0 Å². The number of amides is 2. The van der Waals surface area contributed by atoms with Crippen molar-refractivity contribution in [3.8, 4) is 11.3 Å². The molecule has 1 aliphatic rings. The molecule has 1 aromatic heterocycles. The van der Waals surface area contributed by atoms with E-state index < -0.39 is 0 Å². The maximum Gasteiger partial charge on any atom is 0.326 e. The van der Waals surface area contributed by atoms with Crippen molar-refractivity contribution in [1.29, 1.82) is 0 Å². The zero-order valence-corrected chi connectivity index (χ0v) is 16.7. The molecule has 28 heavy (non-hydrogen) atoms. The minimum Gasteiger partial charge on any atom is -0.339 e. The molecule has 0 aliphatic carbocycles. The Bertz CT molecular complexity index is 1180. The van der Waals surface area contributed by atoms with E-state index in [4.69, 9.17) is 0 Å². The van der Waals surface area contributed by atoms with E-state index in [1.807, 2.05) is 47.4 Å². The van der Waals surface area contributed by atoms with Gasteiger partial charge in [-0.2, -0.15) is 0 Å². The highest BCUT2D eigenvalue weighted by atomic mass is 79.9. The van der Waals surface area contributed by atoms with Crippen molar-refractivity contribution in [1.82, 2.24) is 4.57 Å². The minimum atomic E-state index is -0.121. The number of hydrogen-bond donors (Lipinski definition) is 1. The van der Waals surface area contributed by atoms with Crippen LogP contribution in [0.4, 0.5) is 16.2 Å². The molecular weight excluding hydrogens is 414 g/mol. The number of halogens is 1. The molecule has 0 spiro atoms. The van der Waals surface area contributed by atoms with Gasteiger partial charge in [0.2, 0.25) is 0 Å². The average molecular weight is 432 g/mol. The SMILES string of the molecule is O=C(Nc1ccccc1)N1CCn2c(cc3ccccc32)-c2cc(Br)ccc21. The quantitative estimate of drug-likeness (QED) is 0.387. The van der Waals surface area contributed by atoms with Gasteiger partial charge in [0.15, 0.2) is 0 Å². The van der Waals surface area contributed by atoms with Gasteiger partial charge in [0.05, 0.1) is 11.4 Å². The van der Waals surface area contributed by atoms with Crippen LogP contribution in [0, 0.1) is 0 Å². The monoisotopic (exact) mass is 431 g/mol. The van der Waals surface area contributed by atoms with Gasteiger partial charge in [-0.25, -0.2) is 4.79 Å². The normalized spacial score (nSPS) is 13.0. The number of nitrogens with zero attached hydrogens (tertiary/aromatic N) is 2. The molecule has 0 saturated heterocycles. The zero-order chi connectivity index (χ0) is 19.1. The highest BCUT2D eigenvalue weighted by Crippen LogP contribution is 2.39. The third-order valence-electron chi connectivity index (χ3n) is 5.15. The lowest BCUT2D eigenvalue weighted by Gasteiger charge is -2.23. The number of hydrogen-bond acceptors (Lipinski definition) is 1. The Hall–Kier alpha value is -3.05. The van der Waals surface area contributed by atoms with E-state index in [0.29, 0.717) is 6.54 Å². The predicted octanol–water partition coefficient (Wildman–Crippen LogP) is 6.12. The summed E-state index contributed by atoms with van der Waals surface area (Å²) in [5, 5.41) is 4.23. The number of rotatable bonds is 1. The average Bonchev–Trinajstić information content (AvgIpc) is 3.00. The molecule has 3 aromatic carbocycles. The van der Waals surface area contributed by atoms with Crippen molar-refractivity contribution in [2.45, 2.75) is 6.54 Å². The number of urea groups is 1. The number of carbonyl (C=O) groups is 1. The van der Waals surface area contributed by atoms with E-state index in [9.17, 15) is 4.79 Å². The maximum atomic E-state index is 13.1. The fourth-order valence-electron chi connectivity index (χ4n) is 3.87. The van der Waals surface area contributed by atoms with Crippen LogP contribution in [0.3, 0.4) is 0 Å². The second kappa shape index (κ2) is 6.84. The van der Waals surface area contributed by atoms with Crippen LogP contribution < -0.4 is 10.2 Å². The molecule has 0 bridgehead atoms. The molecule has 0 fully saturated rings. The van der Waals surface area contributed by atoms with Crippen molar-refractivity contribution in [2.24, 2.45) is 0 Å². The number of para-hydroxylation sites is 2. The van der Waals surface area contributed by atoms with E-state index >= 15 is 0 Å². The Morgan fingerprint density at radius 2 is 1.68 bits per heavy atom. The topological polar surface area (TPSA) is 37.3 Å². The van der Waals surface area contributed by atoms with Crippen LogP contribution in [0.15, 0.2) is 83.3 Å². The molecule has 0 atom stereocenters. The van der Waals surface area contributed by atoms with Crippen LogP contribution >= 0.6 is 15.9 Å². The summed E-state index contributed by atoms with van der Waals surface area (Å²) in [5.74, 6) is 0. The van der Waals surface area contributed by atoms with Gasteiger partial charge in [-0.15, -0.1) is 0 Å². The molecule has 0 unspecified atom stereocenters. The van der Waals surface area contributed by atoms with E-state index in [1.54, 1.807) is 0 Å². The molecule has 5 heteroatoms. The van der Waals surface area contributed by atoms with Gasteiger partial charge < -0.3 is 9.88 Å². The zero-order valence-electron chi connectivity index (χ0n) is 15.1. The molecule has 2 heterocycles. The lowest BCUT2D eigenvalue weighted by Crippen LogP contribution is -2.36. The molecule has 4 aromatic rings. The van der Waals surface area contributed by atoms with Gasteiger partial charge in [-0.1, -0.05) is 52.3 Å². The van der Waals surface area contributed by atoms with Gasteiger partial charge in [0, 0.05) is 39.7 Å². The first-order valence-electron chi connectivity index (χ1n) is 9.22. The Morgan fingerprint density at radius 3 is 2.54 bits per heavy atom. The third-order valence-corrected chi connectivity index (χ3v) is 5.65. The summed E-state index contributed by atoms with van der Waals surface area (Å²) in [6, 6.07) is 26.1. The second-order valence-corrected chi connectivity index (χ2v) is 7.76. The Labute approximate surface area is 171 Å². The van der Waals surface area contributed by atoms with E-state index in [2.05, 4.69) is 62.2 Å². The molecule has 4 nitrogen and oxygen atoms in total. The standard InChI is InChI=1S/C23H18BrN3O/c24-17-10-11-21-19(15-17)22-14-16-6-4-5-9-20(16)26(22)12-13-27(21)23(28)25-18-7-2-1-3-8-18/h1-11,14-15H,12-13H2,(H,25,28). The van der Waals surface area contributed by atoms with Crippen molar-refractivity contribution < 1.29 is 4.79 Å². The molecule has 2 amide bonds. The predicted molar refractivity (Wildman–Crippen MR) is 118 cm³/mol. The smallest absolute Gasteiger partial charge is 0.326 e. The maximum absolute atomic E-state index is 13.1. The first-order valence-corrected chi connectivity index (χ1v) is 10.0. The number of aromatic nitrogens is 1. The molecule has 5 rings (SSSR count). The molecule has 0 radical (unpaired) electrons. The lowest BCUT2D eigenvalue weighted by atomic mass is 10.1. The van der Waals surface area contributed by atoms with E-state index in [0.717, 1.165) is 33.6 Å². The summed E-state index contributed by atoms with van der Waals surface area (Å²) in [7, 11) is 0. The third kappa shape index (κ3) is 2.88. The van der Waals surface area contributed by atoms with Crippen molar-refractivity contribution in [3.05, 3.63) is 83.3 Å². The second-order valence-electron chi connectivity index (χ2n) is 6.85. The minimum absolute atomic E-state index is 0.121. The summed E-state index contributed by atoms with van der Waals surface area (Å²) >= 11 is 3.59. The number of carbonyl (C=O) groups excluding carboxylic acids is 1. The lowest BCUT2D eigenvalue weighted by molar-refractivity contribution is 0.256. The van der Waals surface area contributed by atoms with Gasteiger partial charge >= 0.3 is 6.03 Å². The van der Waals surface area contributed by atoms with Crippen molar-refractivity contribution in [3.63, 3.8) is 0 Å². The molecule has 1 aliphatic heterocycles. The molecule has 0 saturated carbocycles. The Morgan fingerprint density at radius 1 is 0.893 bits per heavy atom. The molecule has 1 N–H and O–H groups in total. The number of nitrogens with one attached hydrogen (secondary N) is 1. The fourth-order valence-corrected chi connectivity index (χ4v) is 4.23. The summed E-state index contributed by atoms with van der Waals surface area (Å²) in [4.78, 5) is 14.9. The highest BCUT2D eigenvalue weighted by molar-refractivity contribution is 9.10. The number of anilines is 2. The largest absolute Gasteiger partial charge is 0.339 e. The summed E-state index contributed by atoms with van der Waals surface area (Å²) in [6.45, 7) is 1.33. The summed E-state index contributed by atoms with van der Waals surface area (Å²) in [5.41, 5.74) is 5.08. The highest BCUT2D eigenvalue weighted by Gasteiger charge is 2.25. The van der Waals surface area contributed by atoms with Crippen LogP contribution in [0.25, 0.3) is 22.2 Å². The summed E-state index contributed by atoms with van der Waals surface area (Å²) in [6.07, 6.45) is 0. The van der Waals surface area contributed by atoms with Gasteiger partial charge in [0.25, 0.3) is 0 Å². The van der Waals surface area contributed by atoms with Gasteiger partial charge in [-0.05, 0) is 42.5 Å². The van der Waals surface area contributed by atoms with E-state index in [1.165, 1.54) is 10.9 Å². The first-order chi connectivity index (χ1) is 13.7. The molecular formula is C23H18BrN3O. The number of fused-ring (bicyclic) bond motifs is 5. The van der Waals surface area contributed by atoms with Crippen LogP contribution in [-0.4, -0.2) is 17.1 Å². The van der Waals surface area contributed by atoms with Crippen LogP contribution in [0.2, 0.25) is 0 Å². The Kier molecular flexibility index (Phi) is 4.17. The van der Waals surface area contributed by atoms with Crippen molar-refractivity contribution >= 4 is 44.2 Å². The van der Waals surface area contributed by atoms with Crippen LogP contribution in [-0.2, 0) is 6.54 Å². The molecule has 138 valence electrons. The van der Waals surface area contributed by atoms with Crippen LogP contribution in [0.1, 0.15) is 0 Å². The van der Waals surface area contributed by atoms with Crippen molar-refractivity contribution in [2.75, 3.05) is 16.8 Å². The van der Waals surface area contributed by atoms with E-state index in [-0.39, 0.29) is 6.03 Å². The Balaban J connectivity index is 1.61. The van der Waals surface area contributed by atoms with Crippen LogP contribution in [0.5, 0.6) is 0 Å². The first kappa shape index (κ1) is 17.1. The van der Waals surface area contributed by atoms with Gasteiger partial charge in [-0.3, -0.25) is 4.90 Å². The fraction of sp³-hybridized carbons (Fsp3) is 0.0870. The number of benzene rings is 3. The summed E-state index contributed by atoms with van der Waals surface area (Å²) < 4.78 is 3.30.